The molecule has 0 aliphatic heterocycles. The number of quaternary nitrogens is 2. The molecule has 3 N–H and O–H groups in total. The Hall–Kier alpha value is -1.17. The SMILES string of the molecule is Cc1cc(C)cc(NC(=S)N(CCC[NH+](C)C)CCC[NH+](C)C)c1. The van der Waals surface area contributed by atoms with E-state index in [0.717, 1.165) is 36.7 Å². The molecule has 5 heteroatoms. The van der Waals surface area contributed by atoms with Crippen molar-refractivity contribution < 1.29 is 9.80 Å². The highest BCUT2D eigenvalue weighted by molar-refractivity contribution is 7.80. The number of hydrogen-bond donors (Lipinski definition) is 3. The maximum absolute atomic E-state index is 5.70. The molecule has 0 unspecified atom stereocenters. The van der Waals surface area contributed by atoms with E-state index in [0.29, 0.717) is 0 Å². The van der Waals surface area contributed by atoms with Crippen LogP contribution >= 0.6 is 12.2 Å². The maximum atomic E-state index is 5.70. The Morgan fingerprint density at radius 1 is 0.917 bits per heavy atom. The smallest absolute Gasteiger partial charge is 0.173 e. The average Bonchev–Trinajstić information content (AvgIpc) is 2.43. The highest BCUT2D eigenvalue weighted by Crippen LogP contribution is 2.14. The van der Waals surface area contributed by atoms with Crippen molar-refractivity contribution in [2.75, 3.05) is 59.7 Å². The van der Waals surface area contributed by atoms with Gasteiger partial charge in [0.05, 0.1) is 41.3 Å². The third-order valence-corrected chi connectivity index (χ3v) is 4.33. The molecule has 0 radical (unpaired) electrons. The van der Waals surface area contributed by atoms with Gasteiger partial charge in [0.1, 0.15) is 0 Å². The van der Waals surface area contributed by atoms with Crippen molar-refractivity contribution in [1.29, 1.82) is 0 Å². The monoisotopic (exact) mass is 352 g/mol. The molecule has 24 heavy (non-hydrogen) atoms. The lowest BCUT2D eigenvalue weighted by Gasteiger charge is -2.26. The van der Waals surface area contributed by atoms with Crippen LogP contribution in [0.3, 0.4) is 0 Å². The van der Waals surface area contributed by atoms with Crippen LogP contribution in [0.1, 0.15) is 24.0 Å². The van der Waals surface area contributed by atoms with Gasteiger partial charge in [-0.15, -0.1) is 0 Å². The molecule has 136 valence electrons. The number of anilines is 1. The van der Waals surface area contributed by atoms with Crippen LogP contribution in [0, 0.1) is 13.8 Å². The summed E-state index contributed by atoms with van der Waals surface area (Å²) in [6.45, 7) is 8.62. The van der Waals surface area contributed by atoms with Crippen LogP contribution in [0.25, 0.3) is 0 Å². The van der Waals surface area contributed by atoms with Gasteiger partial charge in [-0.2, -0.15) is 0 Å². The third-order valence-electron chi connectivity index (χ3n) is 3.97. The largest absolute Gasteiger partial charge is 0.349 e. The van der Waals surface area contributed by atoms with Crippen molar-refractivity contribution in [3.63, 3.8) is 0 Å². The molecule has 1 aromatic rings. The molecule has 1 rings (SSSR count). The van der Waals surface area contributed by atoms with Crippen molar-refractivity contribution >= 4 is 23.0 Å². The number of nitrogens with zero attached hydrogens (tertiary/aromatic N) is 1. The van der Waals surface area contributed by atoms with Crippen LogP contribution in [0.4, 0.5) is 5.69 Å². The Bertz CT molecular complexity index is 480. The Labute approximate surface area is 153 Å². The zero-order valence-corrected chi connectivity index (χ0v) is 17.1. The Kier molecular flexibility index (Phi) is 9.26. The summed E-state index contributed by atoms with van der Waals surface area (Å²) in [6.07, 6.45) is 2.32. The number of hydrogen-bond acceptors (Lipinski definition) is 1. The molecule has 0 aliphatic rings. The normalized spacial score (nSPS) is 11.2. The van der Waals surface area contributed by atoms with Crippen molar-refractivity contribution in [3.8, 4) is 0 Å². The molecule has 0 spiro atoms. The van der Waals surface area contributed by atoms with E-state index in [1.54, 1.807) is 0 Å². The summed E-state index contributed by atoms with van der Waals surface area (Å²) in [7, 11) is 8.80. The van der Waals surface area contributed by atoms with Gasteiger partial charge in [-0.1, -0.05) is 6.07 Å². The summed E-state index contributed by atoms with van der Waals surface area (Å²) in [4.78, 5) is 5.31. The second-order valence-electron chi connectivity index (χ2n) is 7.41. The molecular weight excluding hydrogens is 316 g/mol. The first-order chi connectivity index (χ1) is 11.3. The number of thiocarbonyl (C=S) groups is 1. The molecule has 0 atom stereocenters. The minimum atomic E-state index is 0.850. The van der Waals surface area contributed by atoms with Gasteiger partial charge in [0.15, 0.2) is 5.11 Å². The van der Waals surface area contributed by atoms with E-state index in [2.05, 4.69) is 70.5 Å². The molecule has 0 saturated carbocycles. The number of benzene rings is 1. The van der Waals surface area contributed by atoms with Crippen molar-refractivity contribution in [2.45, 2.75) is 26.7 Å². The Morgan fingerprint density at radius 3 is 1.79 bits per heavy atom. The maximum Gasteiger partial charge on any atom is 0.173 e. The second kappa shape index (κ2) is 10.6. The van der Waals surface area contributed by atoms with Crippen LogP contribution in [-0.4, -0.2) is 64.4 Å². The van der Waals surface area contributed by atoms with E-state index >= 15 is 0 Å². The van der Waals surface area contributed by atoms with Gasteiger partial charge in [-0.25, -0.2) is 0 Å². The van der Waals surface area contributed by atoms with Crippen molar-refractivity contribution in [3.05, 3.63) is 29.3 Å². The van der Waals surface area contributed by atoms with Crippen LogP contribution < -0.4 is 15.1 Å². The van der Waals surface area contributed by atoms with Crippen LogP contribution in [0.15, 0.2) is 18.2 Å². The summed E-state index contributed by atoms with van der Waals surface area (Å²) < 4.78 is 0. The lowest BCUT2D eigenvalue weighted by molar-refractivity contribution is -0.858. The quantitative estimate of drug-likeness (QED) is 0.560. The van der Waals surface area contributed by atoms with Crippen LogP contribution in [0.2, 0.25) is 0 Å². The molecule has 0 amide bonds. The molecule has 0 bridgehead atoms. The molecule has 4 nitrogen and oxygen atoms in total. The summed E-state index contributed by atoms with van der Waals surface area (Å²) in [5.41, 5.74) is 3.62. The zero-order chi connectivity index (χ0) is 18.1. The van der Waals surface area contributed by atoms with E-state index < -0.39 is 0 Å². The van der Waals surface area contributed by atoms with E-state index in [9.17, 15) is 0 Å². The highest BCUT2D eigenvalue weighted by atomic mass is 32.1. The number of aryl methyl sites for hydroxylation is 2. The Balaban J connectivity index is 2.66. The summed E-state index contributed by atoms with van der Waals surface area (Å²) >= 11 is 5.70. The predicted molar refractivity (Wildman–Crippen MR) is 108 cm³/mol. The molecule has 0 heterocycles. The van der Waals surface area contributed by atoms with E-state index in [4.69, 9.17) is 12.2 Å². The summed E-state index contributed by atoms with van der Waals surface area (Å²) in [5, 5.41) is 4.29. The second-order valence-corrected chi connectivity index (χ2v) is 7.80. The minimum Gasteiger partial charge on any atom is -0.349 e. The summed E-state index contributed by atoms with van der Waals surface area (Å²) in [5.74, 6) is 0. The van der Waals surface area contributed by atoms with Gasteiger partial charge in [0, 0.05) is 31.6 Å². The van der Waals surface area contributed by atoms with E-state index in [1.165, 1.54) is 34.0 Å². The van der Waals surface area contributed by atoms with Gasteiger partial charge in [-0.3, -0.25) is 0 Å². The van der Waals surface area contributed by atoms with Gasteiger partial charge in [-0.05, 0) is 49.3 Å². The van der Waals surface area contributed by atoms with Gasteiger partial charge < -0.3 is 20.0 Å². The fraction of sp³-hybridized carbons (Fsp3) is 0.632. The summed E-state index contributed by atoms with van der Waals surface area (Å²) in [6, 6.07) is 6.50. The molecular formula is C19H36N4S+2. The fourth-order valence-corrected chi connectivity index (χ4v) is 3.11. The number of nitrogens with one attached hydrogen (secondary N) is 3. The standard InChI is InChI=1S/C19H34N4S/c1-16-13-17(2)15-18(14-16)20-19(24)23(11-7-9-21(3)4)12-8-10-22(5)6/h13-15H,7-12H2,1-6H3,(H,20,24)/p+2. The first-order valence-electron chi connectivity index (χ1n) is 9.00. The average molecular weight is 353 g/mol. The van der Waals surface area contributed by atoms with E-state index in [1.807, 2.05) is 0 Å². The molecule has 1 aromatic carbocycles. The molecule has 0 fully saturated rings. The molecule has 0 aromatic heterocycles. The van der Waals surface area contributed by atoms with Crippen LogP contribution in [-0.2, 0) is 0 Å². The lowest BCUT2D eigenvalue weighted by Crippen LogP contribution is -3.05. The first kappa shape index (κ1) is 20.9. The van der Waals surface area contributed by atoms with Crippen LogP contribution in [0.5, 0.6) is 0 Å². The predicted octanol–water partition coefficient (Wildman–Crippen LogP) is 0.371. The first-order valence-corrected chi connectivity index (χ1v) is 9.41. The topological polar surface area (TPSA) is 24.2 Å². The van der Waals surface area contributed by atoms with Crippen molar-refractivity contribution in [2.24, 2.45) is 0 Å². The van der Waals surface area contributed by atoms with Gasteiger partial charge >= 0.3 is 0 Å². The van der Waals surface area contributed by atoms with E-state index in [-0.39, 0.29) is 0 Å². The number of rotatable bonds is 9. The third kappa shape index (κ3) is 8.62. The highest BCUT2D eigenvalue weighted by Gasteiger charge is 2.11. The van der Waals surface area contributed by atoms with Crippen molar-refractivity contribution in [1.82, 2.24) is 4.90 Å². The lowest BCUT2D eigenvalue weighted by atomic mass is 10.1. The fourth-order valence-electron chi connectivity index (χ4n) is 2.81. The Morgan fingerprint density at radius 2 is 1.38 bits per heavy atom. The zero-order valence-electron chi connectivity index (χ0n) is 16.3. The van der Waals surface area contributed by atoms with Gasteiger partial charge in [0.25, 0.3) is 0 Å². The molecule has 0 aliphatic carbocycles. The molecule has 0 saturated heterocycles. The minimum absolute atomic E-state index is 0.850. The van der Waals surface area contributed by atoms with Gasteiger partial charge in [0.2, 0.25) is 0 Å².